The van der Waals surface area contributed by atoms with Gasteiger partial charge < -0.3 is 11.1 Å². The van der Waals surface area contributed by atoms with Crippen molar-refractivity contribution < 1.29 is 9.18 Å². The molecule has 2 aromatic rings. The molecule has 0 fully saturated rings. The average Bonchev–Trinajstić information content (AvgIpc) is 2.93. The van der Waals surface area contributed by atoms with Gasteiger partial charge in [-0.3, -0.25) is 4.79 Å². The highest BCUT2D eigenvalue weighted by molar-refractivity contribution is 6.02. The molecule has 1 aromatic heterocycles. The van der Waals surface area contributed by atoms with Crippen LogP contribution in [0.25, 0.3) is 0 Å². The number of halogens is 1. The van der Waals surface area contributed by atoms with E-state index in [0.717, 1.165) is 0 Å². The van der Waals surface area contributed by atoms with Gasteiger partial charge in [0.15, 0.2) is 5.69 Å². The molecule has 1 heterocycles. The summed E-state index contributed by atoms with van der Waals surface area (Å²) in [6, 6.07) is 4.24. The largest absolute Gasteiger partial charge is 0.320 e. The first-order chi connectivity index (χ1) is 9.20. The summed E-state index contributed by atoms with van der Waals surface area (Å²) in [5.74, 6) is 4.18. The Hall–Kier alpha value is -2.72. The summed E-state index contributed by atoms with van der Waals surface area (Å²) >= 11 is 0. The average molecular weight is 259 g/mol. The van der Waals surface area contributed by atoms with Gasteiger partial charge in [0.1, 0.15) is 5.82 Å². The molecular weight excluding hydrogens is 249 g/mol. The third-order valence-electron chi connectivity index (χ3n) is 2.20. The van der Waals surface area contributed by atoms with E-state index in [2.05, 4.69) is 32.6 Å². The topological polar surface area (TPSA) is 96.7 Å². The van der Waals surface area contributed by atoms with Crippen LogP contribution >= 0.6 is 0 Å². The van der Waals surface area contributed by atoms with Gasteiger partial charge >= 0.3 is 0 Å². The Morgan fingerprint density at radius 2 is 2.37 bits per heavy atom. The minimum atomic E-state index is -0.583. The summed E-state index contributed by atoms with van der Waals surface area (Å²) in [5.41, 5.74) is 5.84. The van der Waals surface area contributed by atoms with Crippen LogP contribution in [0, 0.1) is 17.7 Å². The van der Waals surface area contributed by atoms with Crippen molar-refractivity contribution in [3.63, 3.8) is 0 Å². The zero-order valence-corrected chi connectivity index (χ0v) is 9.77. The number of aromatic amines is 1. The number of carbonyl (C=O) groups excluding carboxylic acids is 1. The number of H-pyrrole nitrogens is 1. The Bertz CT molecular complexity index is 642. The number of benzene rings is 1. The van der Waals surface area contributed by atoms with Gasteiger partial charge in [-0.15, -0.1) is 0 Å². The number of hydrogen-bond donors (Lipinski definition) is 3. The number of rotatable bonds is 2. The SMILES string of the molecule is NCC#Cc1ccc(NC(=O)c2cn[nH]n2)c(F)c1. The Morgan fingerprint density at radius 3 is 3.00 bits per heavy atom. The Balaban J connectivity index is 2.15. The van der Waals surface area contributed by atoms with Gasteiger partial charge in [-0.05, 0) is 18.2 Å². The highest BCUT2D eigenvalue weighted by atomic mass is 19.1. The fourth-order valence-corrected chi connectivity index (χ4v) is 1.34. The van der Waals surface area contributed by atoms with Crippen molar-refractivity contribution in [1.82, 2.24) is 15.4 Å². The summed E-state index contributed by atoms with van der Waals surface area (Å²) in [7, 11) is 0. The molecule has 0 unspecified atom stereocenters. The zero-order valence-electron chi connectivity index (χ0n) is 9.77. The lowest BCUT2D eigenvalue weighted by Gasteiger charge is -2.04. The number of amides is 1. The lowest BCUT2D eigenvalue weighted by molar-refractivity contribution is 0.102. The molecule has 96 valence electrons. The molecule has 0 saturated carbocycles. The molecule has 0 aliphatic heterocycles. The minimum absolute atomic E-state index is 0.0475. The van der Waals surface area contributed by atoms with E-state index in [4.69, 9.17) is 5.73 Å². The van der Waals surface area contributed by atoms with Crippen LogP contribution in [0.2, 0.25) is 0 Å². The second-order valence-electron chi connectivity index (χ2n) is 3.51. The smallest absolute Gasteiger partial charge is 0.277 e. The summed E-state index contributed by atoms with van der Waals surface area (Å²) in [4.78, 5) is 11.6. The van der Waals surface area contributed by atoms with Crippen molar-refractivity contribution in [3.8, 4) is 11.8 Å². The lowest BCUT2D eigenvalue weighted by atomic mass is 10.2. The van der Waals surface area contributed by atoms with Crippen LogP contribution in [0.5, 0.6) is 0 Å². The monoisotopic (exact) mass is 259 g/mol. The van der Waals surface area contributed by atoms with Crippen LogP contribution in [0.1, 0.15) is 16.1 Å². The maximum absolute atomic E-state index is 13.7. The summed E-state index contributed by atoms with van der Waals surface area (Å²) in [5, 5.41) is 11.8. The van der Waals surface area contributed by atoms with E-state index in [0.29, 0.717) is 5.56 Å². The van der Waals surface area contributed by atoms with E-state index >= 15 is 0 Å². The molecule has 0 bridgehead atoms. The number of nitrogens with zero attached hydrogens (tertiary/aromatic N) is 2. The fourth-order valence-electron chi connectivity index (χ4n) is 1.34. The zero-order chi connectivity index (χ0) is 13.7. The molecule has 2 rings (SSSR count). The van der Waals surface area contributed by atoms with Gasteiger partial charge in [0.25, 0.3) is 5.91 Å². The minimum Gasteiger partial charge on any atom is -0.320 e. The summed E-state index contributed by atoms with van der Waals surface area (Å²) in [6.07, 6.45) is 1.24. The van der Waals surface area contributed by atoms with E-state index in [-0.39, 0.29) is 17.9 Å². The van der Waals surface area contributed by atoms with Crippen molar-refractivity contribution in [2.24, 2.45) is 5.73 Å². The van der Waals surface area contributed by atoms with E-state index in [9.17, 15) is 9.18 Å². The quantitative estimate of drug-likeness (QED) is 0.684. The molecule has 6 nitrogen and oxygen atoms in total. The number of anilines is 1. The molecule has 0 radical (unpaired) electrons. The van der Waals surface area contributed by atoms with Crippen LogP contribution in [0.15, 0.2) is 24.4 Å². The van der Waals surface area contributed by atoms with E-state index < -0.39 is 11.7 Å². The molecule has 7 heteroatoms. The van der Waals surface area contributed by atoms with Gasteiger partial charge in [0.05, 0.1) is 18.4 Å². The molecule has 0 saturated heterocycles. The number of carbonyl (C=O) groups is 1. The van der Waals surface area contributed by atoms with Crippen LogP contribution in [0.4, 0.5) is 10.1 Å². The first kappa shape index (κ1) is 12.7. The number of nitrogens with two attached hydrogens (primary N) is 1. The Morgan fingerprint density at radius 1 is 1.53 bits per heavy atom. The van der Waals surface area contributed by atoms with Crippen LogP contribution in [0.3, 0.4) is 0 Å². The third kappa shape index (κ3) is 3.14. The molecule has 4 N–H and O–H groups in total. The maximum atomic E-state index is 13.7. The van der Waals surface area contributed by atoms with Gasteiger partial charge in [-0.25, -0.2) is 4.39 Å². The van der Waals surface area contributed by atoms with Crippen molar-refractivity contribution in [2.75, 3.05) is 11.9 Å². The van der Waals surface area contributed by atoms with E-state index in [1.807, 2.05) is 0 Å². The standard InChI is InChI=1S/C12H10FN5O/c13-9-6-8(2-1-5-14)3-4-10(9)16-12(19)11-7-15-18-17-11/h3-4,6-7H,5,14H2,(H,16,19)(H,15,17,18). The van der Waals surface area contributed by atoms with Crippen LogP contribution < -0.4 is 11.1 Å². The summed E-state index contributed by atoms with van der Waals surface area (Å²) in [6.45, 7) is 0.201. The fraction of sp³-hybridized carbons (Fsp3) is 0.0833. The van der Waals surface area contributed by atoms with Crippen molar-refractivity contribution in [2.45, 2.75) is 0 Å². The van der Waals surface area contributed by atoms with E-state index in [1.165, 1.54) is 18.3 Å². The first-order valence-electron chi connectivity index (χ1n) is 5.36. The predicted octanol–water partition coefficient (Wildman–Crippen LogP) is 0.506. The van der Waals surface area contributed by atoms with Gasteiger partial charge in [0.2, 0.25) is 0 Å². The maximum Gasteiger partial charge on any atom is 0.277 e. The van der Waals surface area contributed by atoms with Crippen LogP contribution in [-0.2, 0) is 0 Å². The molecule has 0 aliphatic carbocycles. The van der Waals surface area contributed by atoms with E-state index in [1.54, 1.807) is 6.07 Å². The second kappa shape index (κ2) is 5.75. The lowest BCUT2D eigenvalue weighted by Crippen LogP contribution is -2.13. The Kier molecular flexibility index (Phi) is 3.85. The molecule has 0 aliphatic rings. The molecular formula is C12H10FN5O. The summed E-state index contributed by atoms with van der Waals surface area (Å²) < 4.78 is 13.7. The number of nitrogens with one attached hydrogen (secondary N) is 2. The highest BCUT2D eigenvalue weighted by Crippen LogP contribution is 2.15. The van der Waals surface area contributed by atoms with Gasteiger partial charge in [-0.2, -0.15) is 15.4 Å². The van der Waals surface area contributed by atoms with Crippen molar-refractivity contribution in [1.29, 1.82) is 0 Å². The molecule has 0 atom stereocenters. The second-order valence-corrected chi connectivity index (χ2v) is 3.51. The molecule has 19 heavy (non-hydrogen) atoms. The number of aromatic nitrogens is 3. The molecule has 1 amide bonds. The molecule has 0 spiro atoms. The highest BCUT2D eigenvalue weighted by Gasteiger charge is 2.11. The van der Waals surface area contributed by atoms with Gasteiger partial charge in [-0.1, -0.05) is 11.8 Å². The normalized spacial score (nSPS) is 9.58. The van der Waals surface area contributed by atoms with Crippen molar-refractivity contribution in [3.05, 3.63) is 41.5 Å². The van der Waals surface area contributed by atoms with Gasteiger partial charge in [0, 0.05) is 5.56 Å². The predicted molar refractivity (Wildman–Crippen MR) is 66.7 cm³/mol. The van der Waals surface area contributed by atoms with Crippen LogP contribution in [-0.4, -0.2) is 27.9 Å². The van der Waals surface area contributed by atoms with Crippen molar-refractivity contribution >= 4 is 11.6 Å². The molecule has 1 aromatic carbocycles. The third-order valence-corrected chi connectivity index (χ3v) is 2.20. The first-order valence-corrected chi connectivity index (χ1v) is 5.36. The Labute approximate surface area is 108 Å². The number of hydrogen-bond acceptors (Lipinski definition) is 4.